The standard InChI is InChI=1S/C22H20N4O2S/c1-15(2)11-16-7-9-17(10-8-16)20-14-29-22(25-20)18(12-23)13-24-19-5-3-4-6-21(19)26(27)28/h3-10,13-15,24H,11H2,1-2H3/b18-13-. The van der Waals surface area contributed by atoms with Gasteiger partial charge in [0.1, 0.15) is 22.3 Å². The summed E-state index contributed by atoms with van der Waals surface area (Å²) in [6, 6.07) is 16.7. The molecule has 29 heavy (non-hydrogen) atoms. The lowest BCUT2D eigenvalue weighted by Crippen LogP contribution is -1.96. The smallest absolute Gasteiger partial charge is 0.292 e. The van der Waals surface area contributed by atoms with Crippen LogP contribution in [0.5, 0.6) is 0 Å². The number of hydrogen-bond acceptors (Lipinski definition) is 6. The average Bonchev–Trinajstić information content (AvgIpc) is 3.19. The van der Waals surface area contributed by atoms with E-state index in [-0.39, 0.29) is 5.69 Å². The molecule has 1 heterocycles. The Morgan fingerprint density at radius 2 is 2.00 bits per heavy atom. The van der Waals surface area contributed by atoms with Gasteiger partial charge in [0.15, 0.2) is 0 Å². The molecule has 0 fully saturated rings. The molecule has 0 bridgehead atoms. The Hall–Kier alpha value is -3.50. The first-order chi connectivity index (χ1) is 14.0. The molecule has 0 atom stereocenters. The monoisotopic (exact) mass is 404 g/mol. The van der Waals surface area contributed by atoms with Gasteiger partial charge in [0.05, 0.1) is 10.6 Å². The highest BCUT2D eigenvalue weighted by Gasteiger charge is 2.13. The normalized spacial score (nSPS) is 11.3. The van der Waals surface area contributed by atoms with Gasteiger partial charge in [-0.2, -0.15) is 5.26 Å². The van der Waals surface area contributed by atoms with Gasteiger partial charge in [-0.15, -0.1) is 11.3 Å². The number of nitrogens with zero attached hydrogens (tertiary/aromatic N) is 3. The van der Waals surface area contributed by atoms with E-state index in [4.69, 9.17) is 0 Å². The summed E-state index contributed by atoms with van der Waals surface area (Å²) in [6.07, 6.45) is 2.48. The van der Waals surface area contributed by atoms with Crippen LogP contribution in [-0.2, 0) is 6.42 Å². The average molecular weight is 404 g/mol. The minimum absolute atomic E-state index is 0.0534. The first-order valence-electron chi connectivity index (χ1n) is 9.13. The van der Waals surface area contributed by atoms with Crippen LogP contribution in [0, 0.1) is 27.4 Å². The van der Waals surface area contributed by atoms with Crippen LogP contribution in [-0.4, -0.2) is 9.91 Å². The third kappa shape index (κ3) is 5.06. The van der Waals surface area contributed by atoms with E-state index in [0.717, 1.165) is 17.7 Å². The quantitative estimate of drug-likeness (QED) is 0.301. The summed E-state index contributed by atoms with van der Waals surface area (Å²) < 4.78 is 0. The molecule has 0 amide bonds. The zero-order valence-electron chi connectivity index (χ0n) is 16.1. The van der Waals surface area contributed by atoms with Crippen molar-refractivity contribution in [3.05, 3.63) is 80.8 Å². The fourth-order valence-corrected chi connectivity index (χ4v) is 3.65. The largest absolute Gasteiger partial charge is 0.355 e. The molecule has 0 spiro atoms. The summed E-state index contributed by atoms with van der Waals surface area (Å²) in [5.41, 5.74) is 3.66. The number of nitro benzene ring substituents is 1. The van der Waals surface area contributed by atoms with E-state index in [9.17, 15) is 15.4 Å². The van der Waals surface area contributed by atoms with Crippen molar-refractivity contribution >= 4 is 28.3 Å². The first kappa shape index (κ1) is 20.2. The molecule has 3 rings (SSSR count). The fourth-order valence-electron chi connectivity index (χ4n) is 2.86. The SMILES string of the molecule is CC(C)Cc1ccc(-c2csc(/C(C#N)=C\Nc3ccccc3[N+](=O)[O-])n2)cc1. The number of hydrogen-bond donors (Lipinski definition) is 1. The number of nitriles is 1. The van der Waals surface area contributed by atoms with Gasteiger partial charge in [-0.25, -0.2) is 4.98 Å². The van der Waals surface area contributed by atoms with Crippen molar-refractivity contribution in [2.24, 2.45) is 5.92 Å². The summed E-state index contributed by atoms with van der Waals surface area (Å²) in [5.74, 6) is 0.600. The maximum atomic E-state index is 11.1. The molecule has 2 aromatic carbocycles. The second-order valence-corrected chi connectivity index (χ2v) is 7.78. The van der Waals surface area contributed by atoms with Crippen molar-refractivity contribution in [2.45, 2.75) is 20.3 Å². The first-order valence-corrected chi connectivity index (χ1v) is 10.0. The number of rotatable bonds is 7. The molecule has 0 aliphatic rings. The number of allylic oxidation sites excluding steroid dienone is 1. The highest BCUT2D eigenvalue weighted by atomic mass is 32.1. The van der Waals surface area contributed by atoms with Crippen LogP contribution in [0.1, 0.15) is 24.4 Å². The molecule has 0 radical (unpaired) electrons. The minimum Gasteiger partial charge on any atom is -0.355 e. The van der Waals surface area contributed by atoms with Crippen molar-refractivity contribution in [1.82, 2.24) is 4.98 Å². The van der Waals surface area contributed by atoms with Gasteiger partial charge in [-0.3, -0.25) is 10.1 Å². The van der Waals surface area contributed by atoms with Gasteiger partial charge in [0.2, 0.25) is 0 Å². The van der Waals surface area contributed by atoms with Gasteiger partial charge >= 0.3 is 0 Å². The van der Waals surface area contributed by atoms with E-state index >= 15 is 0 Å². The zero-order valence-corrected chi connectivity index (χ0v) is 16.9. The fraction of sp³-hybridized carbons (Fsp3) is 0.182. The molecule has 1 aromatic heterocycles. The molecule has 146 valence electrons. The van der Waals surface area contributed by atoms with Gasteiger partial charge in [0.25, 0.3) is 5.69 Å². The zero-order chi connectivity index (χ0) is 20.8. The minimum atomic E-state index is -0.466. The van der Waals surface area contributed by atoms with Crippen LogP contribution >= 0.6 is 11.3 Å². The van der Waals surface area contributed by atoms with Gasteiger partial charge in [-0.05, 0) is 24.0 Å². The van der Waals surface area contributed by atoms with Crippen LogP contribution in [0.4, 0.5) is 11.4 Å². The van der Waals surface area contributed by atoms with Crippen LogP contribution in [0.2, 0.25) is 0 Å². The Labute approximate surface area is 173 Å². The topological polar surface area (TPSA) is 91.8 Å². The van der Waals surface area contributed by atoms with Crippen LogP contribution in [0.3, 0.4) is 0 Å². The van der Waals surface area contributed by atoms with Crippen LogP contribution < -0.4 is 5.32 Å². The predicted octanol–water partition coefficient (Wildman–Crippen LogP) is 5.89. The summed E-state index contributed by atoms with van der Waals surface area (Å²) in [7, 11) is 0. The number of para-hydroxylation sites is 2. The molecule has 3 aromatic rings. The lowest BCUT2D eigenvalue weighted by molar-refractivity contribution is -0.383. The van der Waals surface area contributed by atoms with Crippen LogP contribution in [0.25, 0.3) is 16.8 Å². The Balaban J connectivity index is 1.80. The van der Waals surface area contributed by atoms with Crippen molar-refractivity contribution in [1.29, 1.82) is 5.26 Å². The van der Waals surface area contributed by atoms with Crippen molar-refractivity contribution < 1.29 is 4.92 Å². The molecule has 0 aliphatic heterocycles. The number of nitro groups is 1. The summed E-state index contributed by atoms with van der Waals surface area (Å²) in [4.78, 5) is 15.2. The lowest BCUT2D eigenvalue weighted by atomic mass is 10.0. The molecule has 6 nitrogen and oxygen atoms in total. The van der Waals surface area contributed by atoms with Crippen molar-refractivity contribution in [3.8, 4) is 17.3 Å². The third-order valence-corrected chi connectivity index (χ3v) is 5.10. The maximum Gasteiger partial charge on any atom is 0.292 e. The van der Waals surface area contributed by atoms with Gasteiger partial charge < -0.3 is 5.32 Å². The molecule has 0 aliphatic carbocycles. The van der Waals surface area contributed by atoms with Crippen LogP contribution in [0.15, 0.2) is 60.1 Å². The maximum absolute atomic E-state index is 11.1. The second-order valence-electron chi connectivity index (χ2n) is 6.92. The van der Waals surface area contributed by atoms with E-state index < -0.39 is 4.92 Å². The highest BCUT2D eigenvalue weighted by Crippen LogP contribution is 2.28. The van der Waals surface area contributed by atoms with E-state index in [1.807, 2.05) is 17.5 Å². The molecular weight excluding hydrogens is 384 g/mol. The molecule has 0 saturated heterocycles. The summed E-state index contributed by atoms with van der Waals surface area (Å²) >= 11 is 1.36. The Bertz CT molecular complexity index is 1080. The van der Waals surface area contributed by atoms with Crippen molar-refractivity contribution in [2.75, 3.05) is 5.32 Å². The van der Waals surface area contributed by atoms with E-state index in [1.54, 1.807) is 18.2 Å². The Kier molecular flexibility index (Phi) is 6.37. The summed E-state index contributed by atoms with van der Waals surface area (Å²) in [5, 5.41) is 25.9. The van der Waals surface area contributed by atoms with Crippen molar-refractivity contribution in [3.63, 3.8) is 0 Å². The molecule has 1 N–H and O–H groups in total. The second kappa shape index (κ2) is 9.13. The molecule has 7 heteroatoms. The Morgan fingerprint density at radius 1 is 1.28 bits per heavy atom. The Morgan fingerprint density at radius 3 is 2.66 bits per heavy atom. The molecular formula is C22H20N4O2S. The van der Waals surface area contributed by atoms with E-state index in [1.165, 1.54) is 29.2 Å². The van der Waals surface area contributed by atoms with E-state index in [2.05, 4.69) is 42.4 Å². The number of benzene rings is 2. The lowest BCUT2D eigenvalue weighted by Gasteiger charge is -2.05. The highest BCUT2D eigenvalue weighted by molar-refractivity contribution is 7.11. The van der Waals surface area contributed by atoms with Gasteiger partial charge in [0, 0.05) is 23.2 Å². The number of thiazole rings is 1. The number of nitrogens with one attached hydrogen (secondary N) is 1. The molecule has 0 unspecified atom stereocenters. The summed E-state index contributed by atoms with van der Waals surface area (Å²) in [6.45, 7) is 4.38. The third-order valence-electron chi connectivity index (χ3n) is 4.22. The number of aromatic nitrogens is 1. The number of anilines is 1. The molecule has 0 saturated carbocycles. The van der Waals surface area contributed by atoms with Gasteiger partial charge in [-0.1, -0.05) is 50.2 Å². The predicted molar refractivity (Wildman–Crippen MR) is 116 cm³/mol. The van der Waals surface area contributed by atoms with E-state index in [0.29, 0.717) is 22.2 Å².